The van der Waals surface area contributed by atoms with Crippen molar-refractivity contribution < 1.29 is 5.11 Å². The summed E-state index contributed by atoms with van der Waals surface area (Å²) in [6.07, 6.45) is 7.71. The maximum atomic E-state index is 9.94. The monoisotopic (exact) mass is 394 g/mol. The molecule has 2 fully saturated rings. The van der Waals surface area contributed by atoms with E-state index < -0.39 is 0 Å². The van der Waals surface area contributed by atoms with Gasteiger partial charge in [0.2, 0.25) is 0 Å². The van der Waals surface area contributed by atoms with Crippen molar-refractivity contribution in [3.63, 3.8) is 0 Å². The van der Waals surface area contributed by atoms with Crippen molar-refractivity contribution in [3.8, 4) is 0 Å². The van der Waals surface area contributed by atoms with Gasteiger partial charge in [-0.2, -0.15) is 0 Å². The summed E-state index contributed by atoms with van der Waals surface area (Å²) in [5.41, 5.74) is 2.00. The molecule has 2 aliphatic rings. The maximum Gasteiger partial charge on any atom is 0.288 e. The standard InChI is InChI=1S/C20H26N8O/c1-21-19-11-26-20(12-25-19)27-18-7-16(23-9-14-3-2-5-22-8-14)17(10-24-18)28-6-4-15(29)13-28/h7,10-12,14-15,22,29H,2-6,8-9,13H2,(H2,23,24,26,27)/t14?,15-/m0/s1. The molecule has 2 saturated heterocycles. The normalized spacial score (nSPS) is 21.6. The van der Waals surface area contributed by atoms with Crippen LogP contribution in [0.15, 0.2) is 24.7 Å². The first-order valence-corrected chi connectivity index (χ1v) is 10.1. The molecule has 152 valence electrons. The molecule has 2 aliphatic heterocycles. The van der Waals surface area contributed by atoms with Crippen LogP contribution in [-0.4, -0.2) is 58.9 Å². The number of piperidine rings is 1. The number of rotatable bonds is 6. The molecule has 2 atom stereocenters. The first-order valence-electron chi connectivity index (χ1n) is 10.1. The smallest absolute Gasteiger partial charge is 0.288 e. The Kier molecular flexibility index (Phi) is 6.03. The second-order valence-electron chi connectivity index (χ2n) is 7.57. The van der Waals surface area contributed by atoms with Gasteiger partial charge >= 0.3 is 0 Å². The van der Waals surface area contributed by atoms with Gasteiger partial charge in [0.1, 0.15) is 5.82 Å². The highest BCUT2D eigenvalue weighted by molar-refractivity contribution is 5.74. The van der Waals surface area contributed by atoms with E-state index in [4.69, 9.17) is 6.57 Å². The zero-order chi connectivity index (χ0) is 20.1. The lowest BCUT2D eigenvalue weighted by molar-refractivity contribution is 0.198. The van der Waals surface area contributed by atoms with Crippen LogP contribution in [-0.2, 0) is 0 Å². The van der Waals surface area contributed by atoms with Gasteiger partial charge in [-0.05, 0) is 38.3 Å². The summed E-state index contributed by atoms with van der Waals surface area (Å²) in [7, 11) is 0. The van der Waals surface area contributed by atoms with Crippen molar-refractivity contribution in [1.29, 1.82) is 0 Å². The second kappa shape index (κ2) is 9.03. The van der Waals surface area contributed by atoms with E-state index in [1.807, 2.05) is 12.3 Å². The van der Waals surface area contributed by atoms with Crippen LogP contribution >= 0.6 is 0 Å². The van der Waals surface area contributed by atoms with E-state index in [1.54, 1.807) is 0 Å². The summed E-state index contributed by atoms with van der Waals surface area (Å²) < 4.78 is 0. The van der Waals surface area contributed by atoms with E-state index in [0.29, 0.717) is 24.1 Å². The molecule has 0 aromatic carbocycles. The van der Waals surface area contributed by atoms with Crippen LogP contribution in [0, 0.1) is 12.5 Å². The van der Waals surface area contributed by atoms with Gasteiger partial charge in [-0.1, -0.05) is 6.57 Å². The van der Waals surface area contributed by atoms with Crippen molar-refractivity contribution >= 4 is 28.8 Å². The molecule has 0 radical (unpaired) electrons. The largest absolute Gasteiger partial charge is 0.391 e. The number of nitrogens with zero attached hydrogens (tertiary/aromatic N) is 5. The van der Waals surface area contributed by atoms with Crippen LogP contribution in [0.25, 0.3) is 4.85 Å². The van der Waals surface area contributed by atoms with Gasteiger partial charge in [-0.3, -0.25) is 0 Å². The van der Waals surface area contributed by atoms with Crippen LogP contribution in [0.3, 0.4) is 0 Å². The first kappa shape index (κ1) is 19.4. The van der Waals surface area contributed by atoms with E-state index in [2.05, 4.69) is 40.6 Å². The van der Waals surface area contributed by atoms with Crippen molar-refractivity contribution in [2.75, 3.05) is 48.3 Å². The van der Waals surface area contributed by atoms with Crippen molar-refractivity contribution in [2.45, 2.75) is 25.4 Å². The molecular weight excluding hydrogens is 368 g/mol. The molecule has 0 aliphatic carbocycles. The zero-order valence-electron chi connectivity index (χ0n) is 16.3. The fourth-order valence-electron chi connectivity index (χ4n) is 3.80. The number of aromatic nitrogens is 3. The fraction of sp³-hybridized carbons (Fsp3) is 0.500. The molecule has 0 spiro atoms. The van der Waals surface area contributed by atoms with Gasteiger partial charge in [0.15, 0.2) is 12.0 Å². The average Bonchev–Trinajstić information content (AvgIpc) is 3.20. The molecule has 1 unspecified atom stereocenters. The predicted molar refractivity (Wildman–Crippen MR) is 113 cm³/mol. The summed E-state index contributed by atoms with van der Waals surface area (Å²) in [4.78, 5) is 18.2. The Hall–Kier alpha value is -2.96. The molecular formula is C20H26N8O. The molecule has 4 rings (SSSR count). The molecule has 9 nitrogen and oxygen atoms in total. The molecule has 0 amide bonds. The summed E-state index contributed by atoms with van der Waals surface area (Å²) in [5, 5.41) is 20.1. The Labute approximate surface area is 170 Å². The molecule has 2 aromatic rings. The van der Waals surface area contributed by atoms with Crippen molar-refractivity contribution in [2.24, 2.45) is 5.92 Å². The summed E-state index contributed by atoms with van der Waals surface area (Å²) in [5.74, 6) is 2.05. The molecule has 4 heterocycles. The molecule has 0 bridgehead atoms. The first-order chi connectivity index (χ1) is 14.2. The van der Waals surface area contributed by atoms with E-state index in [-0.39, 0.29) is 11.9 Å². The van der Waals surface area contributed by atoms with Gasteiger partial charge in [-0.15, -0.1) is 4.98 Å². The highest BCUT2D eigenvalue weighted by Crippen LogP contribution is 2.31. The Morgan fingerprint density at radius 3 is 2.79 bits per heavy atom. The summed E-state index contributed by atoms with van der Waals surface area (Å²) in [6.45, 7) is 11.4. The molecule has 4 N–H and O–H groups in total. The third-order valence-electron chi connectivity index (χ3n) is 5.38. The van der Waals surface area contributed by atoms with E-state index in [0.717, 1.165) is 44.0 Å². The molecule has 9 heteroatoms. The quantitative estimate of drug-likeness (QED) is 0.553. The van der Waals surface area contributed by atoms with Gasteiger partial charge < -0.3 is 30.8 Å². The third-order valence-corrected chi connectivity index (χ3v) is 5.38. The number of β-amino-alcohol motifs (C(OH)–C–C–N with tert-alkyl or cyclic N) is 1. The number of hydrogen-bond acceptors (Lipinski definition) is 8. The van der Waals surface area contributed by atoms with E-state index >= 15 is 0 Å². The minimum absolute atomic E-state index is 0.259. The lowest BCUT2D eigenvalue weighted by Gasteiger charge is -2.26. The minimum atomic E-state index is -0.292. The zero-order valence-corrected chi connectivity index (χ0v) is 16.3. The lowest BCUT2D eigenvalue weighted by atomic mass is 10.00. The van der Waals surface area contributed by atoms with Gasteiger partial charge in [0.25, 0.3) is 5.82 Å². The minimum Gasteiger partial charge on any atom is -0.391 e. The van der Waals surface area contributed by atoms with Gasteiger partial charge in [0, 0.05) is 25.7 Å². The highest BCUT2D eigenvalue weighted by atomic mass is 16.3. The SMILES string of the molecule is [C-]#[N+]c1cnc(Nc2cc(NCC3CCCNC3)c(N3CC[C@H](O)C3)cn2)cn1. The van der Waals surface area contributed by atoms with Crippen LogP contribution in [0.5, 0.6) is 0 Å². The average molecular weight is 394 g/mol. The van der Waals surface area contributed by atoms with Gasteiger partial charge in [-0.25, -0.2) is 9.97 Å². The van der Waals surface area contributed by atoms with Gasteiger partial charge in [0.05, 0.1) is 29.9 Å². The van der Waals surface area contributed by atoms with Crippen LogP contribution < -0.4 is 20.9 Å². The second-order valence-corrected chi connectivity index (χ2v) is 7.57. The number of aliphatic hydroxyl groups excluding tert-OH is 1. The number of nitrogens with one attached hydrogen (secondary N) is 3. The molecule has 29 heavy (non-hydrogen) atoms. The number of anilines is 4. The van der Waals surface area contributed by atoms with Crippen LogP contribution in [0.1, 0.15) is 19.3 Å². The number of aliphatic hydroxyl groups is 1. The lowest BCUT2D eigenvalue weighted by Crippen LogP contribution is -2.33. The Balaban J connectivity index is 1.52. The number of hydrogen-bond donors (Lipinski definition) is 4. The van der Waals surface area contributed by atoms with E-state index in [1.165, 1.54) is 25.2 Å². The molecule has 0 saturated carbocycles. The third kappa shape index (κ3) is 4.91. The Morgan fingerprint density at radius 1 is 1.21 bits per heavy atom. The van der Waals surface area contributed by atoms with Crippen LogP contribution in [0.4, 0.5) is 28.8 Å². The predicted octanol–water partition coefficient (Wildman–Crippen LogP) is 2.15. The maximum absolute atomic E-state index is 9.94. The fourth-order valence-corrected chi connectivity index (χ4v) is 3.80. The van der Waals surface area contributed by atoms with Crippen molar-refractivity contribution in [1.82, 2.24) is 20.3 Å². The summed E-state index contributed by atoms with van der Waals surface area (Å²) >= 11 is 0. The Morgan fingerprint density at radius 2 is 2.10 bits per heavy atom. The topological polar surface area (TPSA) is 103 Å². The van der Waals surface area contributed by atoms with Crippen LogP contribution in [0.2, 0.25) is 0 Å². The summed E-state index contributed by atoms with van der Waals surface area (Å²) in [6, 6.07) is 1.97. The highest BCUT2D eigenvalue weighted by Gasteiger charge is 2.23. The number of pyridine rings is 1. The Bertz CT molecular complexity index is 860. The van der Waals surface area contributed by atoms with Crippen molar-refractivity contribution in [3.05, 3.63) is 36.1 Å². The molecule has 2 aromatic heterocycles. The van der Waals surface area contributed by atoms with E-state index in [9.17, 15) is 5.11 Å².